The molecule has 2 aromatic carbocycles. The Morgan fingerprint density at radius 3 is 2.78 bits per heavy atom. The molecule has 1 fully saturated rings. The first kappa shape index (κ1) is 25.2. The van der Waals surface area contributed by atoms with Gasteiger partial charge in [0, 0.05) is 30.6 Å². The predicted octanol–water partition coefficient (Wildman–Crippen LogP) is 3.57. The summed E-state index contributed by atoms with van der Waals surface area (Å²) >= 11 is 0. The molecule has 2 aliphatic rings. The van der Waals surface area contributed by atoms with Gasteiger partial charge < -0.3 is 28.9 Å². The highest BCUT2D eigenvalue weighted by atomic mass is 16.5. The van der Waals surface area contributed by atoms with Gasteiger partial charge in [-0.25, -0.2) is 0 Å². The molecule has 1 aliphatic carbocycles. The van der Waals surface area contributed by atoms with E-state index in [4.69, 9.17) is 19.0 Å². The average Bonchev–Trinajstić information content (AvgIpc) is 3.55. The van der Waals surface area contributed by atoms with E-state index in [0.717, 1.165) is 35.2 Å². The molecule has 37 heavy (non-hydrogen) atoms. The first-order valence-corrected chi connectivity index (χ1v) is 12.8. The first-order chi connectivity index (χ1) is 17.9. The largest absolute Gasteiger partial charge is 0.488 e. The Morgan fingerprint density at radius 2 is 2.03 bits per heavy atom. The van der Waals surface area contributed by atoms with E-state index < -0.39 is 0 Å². The molecule has 9 nitrogen and oxygen atoms in total. The van der Waals surface area contributed by atoms with Gasteiger partial charge in [0.05, 0.1) is 18.8 Å². The number of aliphatic hydroxyl groups is 1. The summed E-state index contributed by atoms with van der Waals surface area (Å²) in [6.45, 7) is 5.57. The van der Waals surface area contributed by atoms with Crippen molar-refractivity contribution in [3.63, 3.8) is 0 Å². The molecular formula is C28H34N4O5. The summed E-state index contributed by atoms with van der Waals surface area (Å²) in [7, 11) is 4.00. The number of carbonyl (C=O) groups is 1. The van der Waals surface area contributed by atoms with E-state index in [1.54, 1.807) is 4.90 Å². The second-order valence-electron chi connectivity index (χ2n) is 10.2. The molecular weight excluding hydrogens is 472 g/mol. The topological polar surface area (TPSA) is 101 Å². The summed E-state index contributed by atoms with van der Waals surface area (Å²) in [5, 5.41) is 13.8. The zero-order valence-electron chi connectivity index (χ0n) is 21.8. The molecule has 0 bridgehead atoms. The predicted molar refractivity (Wildman–Crippen MR) is 138 cm³/mol. The van der Waals surface area contributed by atoms with Crippen LogP contribution in [0.15, 0.2) is 40.9 Å². The molecule has 1 amide bonds. The second kappa shape index (κ2) is 10.5. The van der Waals surface area contributed by atoms with Crippen LogP contribution in [-0.4, -0.2) is 77.5 Å². The van der Waals surface area contributed by atoms with Gasteiger partial charge in [0.15, 0.2) is 11.5 Å². The summed E-state index contributed by atoms with van der Waals surface area (Å²) in [6, 6.07) is 11.7. The third kappa shape index (κ3) is 5.06. The summed E-state index contributed by atoms with van der Waals surface area (Å²) in [4.78, 5) is 21.1. The van der Waals surface area contributed by atoms with Gasteiger partial charge in [-0.05, 0) is 69.6 Å². The van der Waals surface area contributed by atoms with Crippen LogP contribution in [-0.2, 0) is 11.2 Å². The third-order valence-electron chi connectivity index (χ3n) is 6.89. The Morgan fingerprint density at radius 1 is 1.19 bits per heavy atom. The van der Waals surface area contributed by atoms with Gasteiger partial charge in [0.25, 0.3) is 5.89 Å². The Labute approximate surface area is 217 Å². The Hall–Kier alpha value is -3.43. The first-order valence-electron chi connectivity index (χ1n) is 12.8. The highest BCUT2D eigenvalue weighted by molar-refractivity contribution is 5.81. The number of nitrogens with zero attached hydrogens (tertiary/aromatic N) is 4. The smallest absolute Gasteiger partial charge is 0.258 e. The SMILES string of the molecule is CC(C)Oc1ccc(-c2nc(-c3cccc4c3C[C@H]3CC(=O)N(CCO)[C@@H]43)no2)cc1OCCN(C)C. The van der Waals surface area contributed by atoms with E-state index in [-0.39, 0.29) is 30.6 Å². The maximum Gasteiger partial charge on any atom is 0.258 e. The van der Waals surface area contributed by atoms with Crippen molar-refractivity contribution in [1.82, 2.24) is 19.9 Å². The number of ether oxygens (including phenoxy) is 2. The summed E-state index contributed by atoms with van der Waals surface area (Å²) in [5.41, 5.74) is 3.92. The quantitative estimate of drug-likeness (QED) is 0.445. The fourth-order valence-electron chi connectivity index (χ4n) is 5.31. The number of aromatic nitrogens is 2. The molecule has 196 valence electrons. The van der Waals surface area contributed by atoms with E-state index in [0.29, 0.717) is 42.8 Å². The maximum absolute atomic E-state index is 12.5. The Bertz CT molecular complexity index is 1270. The molecule has 2 heterocycles. The number of carbonyl (C=O) groups excluding carboxylic acids is 1. The van der Waals surface area contributed by atoms with Crippen molar-refractivity contribution < 1.29 is 23.9 Å². The van der Waals surface area contributed by atoms with Crippen LogP contribution < -0.4 is 9.47 Å². The van der Waals surface area contributed by atoms with Crippen molar-refractivity contribution in [3.8, 4) is 34.3 Å². The number of fused-ring (bicyclic) bond motifs is 3. The molecule has 1 aromatic heterocycles. The molecule has 3 aromatic rings. The molecule has 0 spiro atoms. The number of benzene rings is 2. The van der Waals surface area contributed by atoms with E-state index >= 15 is 0 Å². The van der Waals surface area contributed by atoms with E-state index in [2.05, 4.69) is 16.1 Å². The van der Waals surface area contributed by atoms with Crippen molar-refractivity contribution in [1.29, 1.82) is 0 Å². The lowest BCUT2D eigenvalue weighted by Crippen LogP contribution is -2.30. The van der Waals surface area contributed by atoms with Gasteiger partial charge in [0.1, 0.15) is 6.61 Å². The van der Waals surface area contributed by atoms with Gasteiger partial charge in [-0.15, -0.1) is 0 Å². The van der Waals surface area contributed by atoms with E-state index in [1.807, 2.05) is 58.3 Å². The third-order valence-corrected chi connectivity index (χ3v) is 6.89. The highest BCUT2D eigenvalue weighted by Gasteiger charge is 2.46. The fraction of sp³-hybridized carbons (Fsp3) is 0.464. The number of amides is 1. The minimum atomic E-state index is -0.0416. The maximum atomic E-state index is 12.5. The van der Waals surface area contributed by atoms with Crippen LogP contribution in [0.3, 0.4) is 0 Å². The van der Waals surface area contributed by atoms with Gasteiger partial charge in [-0.2, -0.15) is 4.98 Å². The lowest BCUT2D eigenvalue weighted by atomic mass is 10.0. The van der Waals surface area contributed by atoms with Crippen molar-refractivity contribution >= 4 is 5.91 Å². The van der Waals surface area contributed by atoms with Crippen LogP contribution in [0.1, 0.15) is 37.4 Å². The lowest BCUT2D eigenvalue weighted by Gasteiger charge is -2.24. The normalized spacial score (nSPS) is 18.6. The van der Waals surface area contributed by atoms with Crippen LogP contribution >= 0.6 is 0 Å². The molecule has 1 aliphatic heterocycles. The van der Waals surface area contributed by atoms with Crippen molar-refractivity contribution in [2.75, 3.05) is 40.4 Å². The van der Waals surface area contributed by atoms with Crippen LogP contribution in [0.25, 0.3) is 22.8 Å². The molecule has 0 saturated carbocycles. The standard InChI is InChI=1S/C28H34N4O5/c1-17(2)36-23-9-8-18(15-24(23)35-13-11-31(3)4)28-29-27(30-37-28)21-7-5-6-20-22(21)14-19-16-25(34)32(10-12-33)26(19)20/h5-9,15,17,19,26,33H,10-14,16H2,1-4H3/t19-,26+/m0/s1. The van der Waals surface area contributed by atoms with Gasteiger partial charge in [0.2, 0.25) is 11.7 Å². The second-order valence-corrected chi connectivity index (χ2v) is 10.2. The molecule has 5 rings (SSSR count). The molecule has 2 atom stereocenters. The van der Waals surface area contributed by atoms with Crippen LogP contribution in [0.4, 0.5) is 0 Å². The number of aliphatic hydroxyl groups excluding tert-OH is 1. The zero-order valence-corrected chi connectivity index (χ0v) is 21.8. The minimum absolute atomic E-state index is 0.00338. The zero-order chi connectivity index (χ0) is 26.1. The van der Waals surface area contributed by atoms with Crippen molar-refractivity contribution in [2.24, 2.45) is 5.92 Å². The van der Waals surface area contributed by atoms with Gasteiger partial charge in [-0.3, -0.25) is 4.79 Å². The fourth-order valence-corrected chi connectivity index (χ4v) is 5.31. The minimum Gasteiger partial charge on any atom is -0.488 e. The van der Waals surface area contributed by atoms with Crippen molar-refractivity contribution in [2.45, 2.75) is 38.8 Å². The Kier molecular flexibility index (Phi) is 7.17. The van der Waals surface area contributed by atoms with Gasteiger partial charge in [-0.1, -0.05) is 23.4 Å². The molecule has 1 N–H and O–H groups in total. The number of rotatable bonds is 10. The number of β-amino-alcohol motifs (C(OH)–C–C–N with tert-alkyl or cyclic N) is 1. The molecule has 0 unspecified atom stereocenters. The van der Waals surface area contributed by atoms with Gasteiger partial charge >= 0.3 is 0 Å². The number of likely N-dealkylation sites (tertiary alicyclic amines) is 1. The molecule has 9 heteroatoms. The summed E-state index contributed by atoms with van der Waals surface area (Å²) in [6.07, 6.45) is 1.29. The van der Waals surface area contributed by atoms with Crippen molar-refractivity contribution in [3.05, 3.63) is 47.5 Å². The molecule has 0 radical (unpaired) electrons. The summed E-state index contributed by atoms with van der Waals surface area (Å²) in [5.74, 6) is 2.54. The molecule has 1 saturated heterocycles. The van der Waals surface area contributed by atoms with Crippen LogP contribution in [0, 0.1) is 5.92 Å². The number of likely N-dealkylation sites (N-methyl/N-ethyl adjacent to an activating group) is 1. The highest BCUT2D eigenvalue weighted by Crippen LogP contribution is 2.49. The monoisotopic (exact) mass is 506 g/mol. The average molecular weight is 507 g/mol. The van der Waals surface area contributed by atoms with Crippen LogP contribution in [0.2, 0.25) is 0 Å². The van der Waals surface area contributed by atoms with Crippen LogP contribution in [0.5, 0.6) is 11.5 Å². The van der Waals surface area contributed by atoms with E-state index in [9.17, 15) is 9.90 Å². The Balaban J connectivity index is 1.43. The van der Waals surface area contributed by atoms with E-state index in [1.165, 1.54) is 0 Å². The summed E-state index contributed by atoms with van der Waals surface area (Å²) < 4.78 is 17.7. The number of hydrogen-bond acceptors (Lipinski definition) is 8. The lowest BCUT2D eigenvalue weighted by molar-refractivity contribution is -0.129. The number of hydrogen-bond donors (Lipinski definition) is 1.